The largest absolute Gasteiger partial charge is 0.369 e. The van der Waals surface area contributed by atoms with Crippen LogP contribution in [0, 0.1) is 28.9 Å². The van der Waals surface area contributed by atoms with Crippen LogP contribution >= 0.6 is 0 Å². The number of carbonyl (C=O) groups is 1. The fourth-order valence-corrected chi connectivity index (χ4v) is 7.22. The Hall–Kier alpha value is -3.78. The molecule has 0 radical (unpaired) electrons. The van der Waals surface area contributed by atoms with Crippen molar-refractivity contribution in [3.05, 3.63) is 66.0 Å². The van der Waals surface area contributed by atoms with Crippen LogP contribution in [0.5, 0.6) is 0 Å². The Morgan fingerprint density at radius 1 is 1.02 bits per heavy atom. The summed E-state index contributed by atoms with van der Waals surface area (Å²) in [6.45, 7) is 0.834. The highest BCUT2D eigenvalue weighted by Crippen LogP contribution is 2.43. The Morgan fingerprint density at radius 3 is 2.32 bits per heavy atom. The summed E-state index contributed by atoms with van der Waals surface area (Å²) in [5.74, 6) is -2.17. The second-order valence-electron chi connectivity index (χ2n) is 11.3. The third-order valence-corrected chi connectivity index (χ3v) is 10.2. The smallest absolute Gasteiger partial charge is 0.225 e. The van der Waals surface area contributed by atoms with E-state index in [1.54, 1.807) is 6.20 Å². The van der Waals surface area contributed by atoms with E-state index in [1.165, 1.54) is 22.9 Å². The highest BCUT2D eigenvalue weighted by molar-refractivity contribution is 7.91. The molecule has 0 bridgehead atoms. The molecule has 6 rings (SSSR count). The molecule has 2 aliphatic carbocycles. The highest BCUT2D eigenvalue weighted by atomic mass is 32.2. The van der Waals surface area contributed by atoms with E-state index in [4.69, 9.17) is 5.10 Å². The minimum atomic E-state index is -3.01. The lowest BCUT2D eigenvalue weighted by Crippen LogP contribution is -2.42. The van der Waals surface area contributed by atoms with Gasteiger partial charge in [-0.05, 0) is 55.5 Å². The van der Waals surface area contributed by atoms with Crippen LogP contribution in [0.15, 0.2) is 48.7 Å². The van der Waals surface area contributed by atoms with Crippen LogP contribution in [-0.2, 0) is 14.6 Å². The zero-order chi connectivity index (χ0) is 28.8. The first kappa shape index (κ1) is 27.4. The van der Waals surface area contributed by atoms with Gasteiger partial charge in [0.1, 0.15) is 11.2 Å². The van der Waals surface area contributed by atoms with Gasteiger partial charge in [-0.15, -0.1) is 0 Å². The first-order valence-electron chi connectivity index (χ1n) is 14.0. The molecule has 3 fully saturated rings. The average molecular weight is 580 g/mol. The first-order chi connectivity index (χ1) is 19.7. The molecule has 0 spiro atoms. The first-order valence-corrected chi connectivity index (χ1v) is 15.8. The third-order valence-electron chi connectivity index (χ3n) is 8.58. The Balaban J connectivity index is 1.38. The molecule has 3 aliphatic rings. The summed E-state index contributed by atoms with van der Waals surface area (Å²) in [7, 11) is -3.01. The molecule has 1 aliphatic heterocycles. The number of nitriles is 1. The number of aromatic nitrogens is 2. The van der Waals surface area contributed by atoms with E-state index < -0.39 is 32.9 Å². The van der Waals surface area contributed by atoms with Gasteiger partial charge >= 0.3 is 0 Å². The van der Waals surface area contributed by atoms with E-state index in [0.29, 0.717) is 50.0 Å². The predicted octanol–water partition coefficient (Wildman–Crippen LogP) is 4.50. The quantitative estimate of drug-likeness (QED) is 0.461. The lowest BCUT2D eigenvalue weighted by atomic mass is 9.75. The van der Waals surface area contributed by atoms with Crippen molar-refractivity contribution in [3.8, 4) is 22.9 Å². The van der Waals surface area contributed by atoms with Crippen molar-refractivity contribution in [1.82, 2.24) is 15.1 Å². The minimum absolute atomic E-state index is 0.109. The number of benzene rings is 2. The van der Waals surface area contributed by atoms with Gasteiger partial charge in [-0.2, -0.15) is 10.4 Å². The maximum atomic E-state index is 14.8. The molecule has 1 aromatic heterocycles. The van der Waals surface area contributed by atoms with Crippen LogP contribution in [0.4, 0.5) is 14.5 Å². The zero-order valence-electron chi connectivity index (χ0n) is 22.5. The SMILES string of the molecule is N#CC1(NC(=O)C2CCCCC2c2nn(-c3c(F)cccc3F)cc2-c2ccc(N3CCS(=O)(=O)CC3)cc2)CC1. The molecule has 3 aromatic rings. The van der Waals surface area contributed by atoms with Crippen molar-refractivity contribution >= 4 is 21.4 Å². The molecular formula is C30H31F2N5O3S. The normalized spacial score (nSPS) is 23.0. The maximum absolute atomic E-state index is 14.8. The average Bonchev–Trinajstić information content (AvgIpc) is 3.61. The molecular weight excluding hydrogens is 548 g/mol. The minimum Gasteiger partial charge on any atom is -0.369 e. The lowest BCUT2D eigenvalue weighted by molar-refractivity contribution is -0.127. The number of para-hydroxylation sites is 1. The summed E-state index contributed by atoms with van der Waals surface area (Å²) < 4.78 is 54.6. The van der Waals surface area contributed by atoms with Gasteiger partial charge in [0.05, 0.1) is 23.3 Å². The molecule has 1 amide bonds. The maximum Gasteiger partial charge on any atom is 0.225 e. The molecule has 8 nitrogen and oxygen atoms in total. The molecule has 1 saturated heterocycles. The number of nitrogens with zero attached hydrogens (tertiary/aromatic N) is 4. The lowest BCUT2D eigenvalue weighted by Gasteiger charge is -2.31. The summed E-state index contributed by atoms with van der Waals surface area (Å²) in [4.78, 5) is 15.5. The van der Waals surface area contributed by atoms with E-state index in [2.05, 4.69) is 11.4 Å². The van der Waals surface area contributed by atoms with Crippen LogP contribution in [-0.4, -0.2) is 54.2 Å². The van der Waals surface area contributed by atoms with Gasteiger partial charge in [0.2, 0.25) is 5.91 Å². The number of anilines is 1. The number of hydrogen-bond donors (Lipinski definition) is 1. The fourth-order valence-electron chi connectivity index (χ4n) is 6.02. The second kappa shape index (κ2) is 10.6. The zero-order valence-corrected chi connectivity index (χ0v) is 23.3. The van der Waals surface area contributed by atoms with Gasteiger partial charge in [0, 0.05) is 42.4 Å². The summed E-state index contributed by atoms with van der Waals surface area (Å²) in [6, 6.07) is 13.5. The summed E-state index contributed by atoms with van der Waals surface area (Å²) in [6.07, 6.45) is 5.95. The Bertz CT molecular complexity index is 1590. The summed E-state index contributed by atoms with van der Waals surface area (Å²) >= 11 is 0. The van der Waals surface area contributed by atoms with Gasteiger partial charge in [0.15, 0.2) is 21.5 Å². The van der Waals surface area contributed by atoms with Crippen LogP contribution in [0.3, 0.4) is 0 Å². The number of hydrogen-bond acceptors (Lipinski definition) is 6. The van der Waals surface area contributed by atoms with Gasteiger partial charge in [0.25, 0.3) is 0 Å². The molecule has 41 heavy (non-hydrogen) atoms. The van der Waals surface area contributed by atoms with Crippen LogP contribution in [0.2, 0.25) is 0 Å². The molecule has 2 atom stereocenters. The number of carbonyl (C=O) groups excluding carboxylic acids is 1. The molecule has 1 N–H and O–H groups in total. The molecule has 2 aromatic carbocycles. The van der Waals surface area contributed by atoms with Crippen LogP contribution < -0.4 is 10.2 Å². The van der Waals surface area contributed by atoms with Crippen molar-refractivity contribution in [3.63, 3.8) is 0 Å². The molecule has 2 saturated carbocycles. The predicted molar refractivity (Wildman–Crippen MR) is 150 cm³/mol. The number of rotatable bonds is 6. The molecule has 11 heteroatoms. The Morgan fingerprint density at radius 2 is 1.68 bits per heavy atom. The summed E-state index contributed by atoms with van der Waals surface area (Å²) in [5, 5.41) is 17.2. The monoisotopic (exact) mass is 579 g/mol. The standard InChI is InChI=1S/C30H31F2N5O3S/c31-25-6-3-7-26(32)28(25)37-18-24(20-8-10-21(11-9-20)36-14-16-41(39,40)17-15-36)27(35-37)22-4-1-2-5-23(22)29(38)34-30(19-33)12-13-30/h3,6-11,18,22-23H,1-2,4-5,12-17H2,(H,34,38). The molecule has 2 unspecified atom stereocenters. The van der Waals surface area contributed by atoms with E-state index in [1.807, 2.05) is 29.2 Å². The van der Waals surface area contributed by atoms with Crippen LogP contribution in [0.1, 0.15) is 50.1 Å². The van der Waals surface area contributed by atoms with Gasteiger partial charge in [-0.1, -0.05) is 31.0 Å². The third kappa shape index (κ3) is 5.45. The van der Waals surface area contributed by atoms with E-state index >= 15 is 0 Å². The second-order valence-corrected chi connectivity index (χ2v) is 13.6. The Kier molecular flexibility index (Phi) is 7.06. The number of sulfone groups is 1. The van der Waals surface area contributed by atoms with Gasteiger partial charge in [-0.25, -0.2) is 21.9 Å². The van der Waals surface area contributed by atoms with Crippen molar-refractivity contribution in [2.45, 2.75) is 50.0 Å². The summed E-state index contributed by atoms with van der Waals surface area (Å²) in [5.41, 5.74) is 1.85. The van der Waals surface area contributed by atoms with Gasteiger partial charge in [-0.3, -0.25) is 4.79 Å². The number of halogens is 2. The van der Waals surface area contributed by atoms with Crippen molar-refractivity contribution in [2.24, 2.45) is 5.92 Å². The van der Waals surface area contributed by atoms with Crippen molar-refractivity contribution in [1.29, 1.82) is 5.26 Å². The van der Waals surface area contributed by atoms with E-state index in [0.717, 1.165) is 24.1 Å². The van der Waals surface area contributed by atoms with Crippen LogP contribution in [0.25, 0.3) is 16.8 Å². The van der Waals surface area contributed by atoms with E-state index in [-0.39, 0.29) is 29.0 Å². The van der Waals surface area contributed by atoms with Crippen molar-refractivity contribution < 1.29 is 22.0 Å². The fraction of sp³-hybridized carbons (Fsp3) is 0.433. The Labute approximate surface area is 237 Å². The van der Waals surface area contributed by atoms with Crippen molar-refractivity contribution in [2.75, 3.05) is 29.5 Å². The number of nitrogens with one attached hydrogen (secondary N) is 1. The highest BCUT2D eigenvalue weighted by Gasteiger charge is 2.47. The van der Waals surface area contributed by atoms with E-state index in [9.17, 15) is 27.3 Å². The molecule has 214 valence electrons. The molecule has 2 heterocycles. The van der Waals surface area contributed by atoms with Gasteiger partial charge < -0.3 is 10.2 Å². The topological polar surface area (TPSA) is 108 Å². The number of amides is 1.